The van der Waals surface area contributed by atoms with Gasteiger partial charge in [-0.2, -0.15) is 0 Å². The molecule has 0 aliphatic carbocycles. The molecule has 12 heteroatoms. The predicted octanol–water partition coefficient (Wildman–Crippen LogP) is 3.07. The van der Waals surface area contributed by atoms with Gasteiger partial charge in [-0.05, 0) is 60.8 Å². The van der Waals surface area contributed by atoms with Crippen molar-refractivity contribution in [3.8, 4) is 0 Å². The van der Waals surface area contributed by atoms with Gasteiger partial charge < -0.3 is 33.6 Å². The molecule has 0 saturated carbocycles. The average molecular weight is 449 g/mol. The maximum atomic E-state index is 5.62. The molecule has 0 spiro atoms. The Balaban J connectivity index is 0.000000161. The molecule has 4 aromatic rings. The lowest BCUT2D eigenvalue weighted by Crippen LogP contribution is -2.20. The van der Waals surface area contributed by atoms with Gasteiger partial charge in [0.25, 0.3) is 0 Å². The lowest BCUT2D eigenvalue weighted by atomic mass is 10.3. The summed E-state index contributed by atoms with van der Waals surface area (Å²) in [5.41, 5.74) is 25.3. The first-order valence-electron chi connectivity index (χ1n) is 7.75. The van der Waals surface area contributed by atoms with E-state index in [1.807, 2.05) is 36.4 Å². The number of fused-ring (bicyclic) bond motifs is 2. The van der Waals surface area contributed by atoms with Gasteiger partial charge in [0.2, 0.25) is 0 Å². The minimum Gasteiger partial charge on any atom is -0.376 e. The normalized spacial score (nSPS) is 10.3. The Bertz CT molecular complexity index is 1010. The Morgan fingerprint density at radius 3 is 1.43 bits per heavy atom. The smallest absolute Gasteiger partial charge is 0.181 e. The van der Waals surface area contributed by atoms with Crippen LogP contribution in [0.2, 0.25) is 0 Å². The van der Waals surface area contributed by atoms with E-state index in [2.05, 4.69) is 20.6 Å². The predicted molar refractivity (Wildman–Crippen MR) is 129 cm³/mol. The lowest BCUT2D eigenvalue weighted by molar-refractivity contribution is 1.49. The monoisotopic (exact) mass is 448 g/mol. The number of rotatable bonds is 2. The minimum atomic E-state index is 0.236. The third kappa shape index (κ3) is 5.13. The van der Waals surface area contributed by atoms with Crippen LogP contribution in [-0.2, 0) is 0 Å². The fourth-order valence-electron chi connectivity index (χ4n) is 2.31. The molecule has 0 amide bonds. The molecule has 0 unspecified atom stereocenters. The molecule has 0 fully saturated rings. The van der Waals surface area contributed by atoms with E-state index in [0.717, 1.165) is 31.8 Å². The van der Waals surface area contributed by atoms with Gasteiger partial charge in [0, 0.05) is 11.4 Å². The second-order valence-electron chi connectivity index (χ2n) is 5.45. The van der Waals surface area contributed by atoms with Crippen molar-refractivity contribution >= 4 is 99.4 Å². The number of hydrogen-bond donors (Lipinski definition) is 6. The third-order valence-electron chi connectivity index (χ3n) is 3.35. The number of benzene rings is 2. The van der Waals surface area contributed by atoms with Crippen molar-refractivity contribution in [3.05, 3.63) is 36.4 Å². The molecule has 0 bridgehead atoms. The Hall–Kier alpha value is -2.80. The summed E-state index contributed by atoms with van der Waals surface area (Å²) in [5.74, 6) is 0. The number of aromatic nitrogens is 2. The summed E-state index contributed by atoms with van der Waals surface area (Å²) in [6.45, 7) is 0. The molecule has 2 heterocycles. The van der Waals surface area contributed by atoms with Crippen molar-refractivity contribution in [2.45, 2.75) is 0 Å². The second-order valence-corrected chi connectivity index (χ2v) is 8.45. The topological polar surface area (TPSA) is 154 Å². The summed E-state index contributed by atoms with van der Waals surface area (Å²) in [5, 5.41) is 7.25. The van der Waals surface area contributed by atoms with Crippen LogP contribution in [0.4, 0.5) is 21.6 Å². The fraction of sp³-hybridized carbons (Fsp3) is 0. The zero-order valence-corrected chi connectivity index (χ0v) is 17.6. The quantitative estimate of drug-likeness (QED) is 0.252. The second kappa shape index (κ2) is 8.48. The van der Waals surface area contributed by atoms with Crippen molar-refractivity contribution in [3.63, 3.8) is 0 Å². The van der Waals surface area contributed by atoms with E-state index in [-0.39, 0.29) is 10.2 Å². The van der Waals surface area contributed by atoms with Crippen LogP contribution in [0.15, 0.2) is 36.4 Å². The molecule has 0 aliphatic rings. The van der Waals surface area contributed by atoms with Gasteiger partial charge in [0.05, 0.1) is 20.4 Å². The molecule has 2 aromatic carbocycles. The summed E-state index contributed by atoms with van der Waals surface area (Å²) in [6, 6.07) is 11.2. The van der Waals surface area contributed by atoms with Crippen LogP contribution in [0.5, 0.6) is 0 Å². The number of thiocarbonyl (C=S) groups is 2. The zero-order valence-electron chi connectivity index (χ0n) is 14.3. The first kappa shape index (κ1) is 19.9. The maximum absolute atomic E-state index is 5.62. The highest BCUT2D eigenvalue weighted by atomic mass is 32.1. The number of thiazole rings is 2. The standard InChI is InChI=1S/C8H6N4S2.C8H10N4S2/c9-7-11-3-1-5-4(2-6(3)14-7)12-8(10)13-5;9-7(13)11-5-1-2-6(4-3-5)12-8(10)14/h1-2H,(H2,9,11)(H2,10,12);1-4H,(H3,9,11,13)(H3,10,12,14). The van der Waals surface area contributed by atoms with Crippen LogP contribution >= 0.6 is 47.1 Å². The van der Waals surface area contributed by atoms with Gasteiger partial charge in [-0.1, -0.05) is 22.7 Å². The third-order valence-corrected chi connectivity index (χ3v) is 5.25. The van der Waals surface area contributed by atoms with Crippen LogP contribution in [0.3, 0.4) is 0 Å². The molecule has 0 atom stereocenters. The molecular formula is C16H16N8S4. The number of hydrogen-bond acceptors (Lipinski definition) is 8. The molecule has 28 heavy (non-hydrogen) atoms. The zero-order chi connectivity index (χ0) is 20.3. The maximum Gasteiger partial charge on any atom is 0.181 e. The largest absolute Gasteiger partial charge is 0.376 e. The van der Waals surface area contributed by atoms with Crippen LogP contribution in [-0.4, -0.2) is 20.2 Å². The molecule has 0 radical (unpaired) electrons. The molecular weight excluding hydrogens is 433 g/mol. The van der Waals surface area contributed by atoms with Crippen molar-refractivity contribution in [1.29, 1.82) is 0 Å². The van der Waals surface area contributed by atoms with E-state index in [4.69, 9.17) is 47.4 Å². The highest BCUT2D eigenvalue weighted by molar-refractivity contribution is 7.80. The van der Waals surface area contributed by atoms with E-state index < -0.39 is 0 Å². The van der Waals surface area contributed by atoms with Gasteiger partial charge in [-0.15, -0.1) is 0 Å². The molecule has 2 aromatic heterocycles. The Kier molecular flexibility index (Phi) is 6.04. The van der Waals surface area contributed by atoms with Gasteiger partial charge in [0.1, 0.15) is 0 Å². The molecule has 10 N–H and O–H groups in total. The van der Waals surface area contributed by atoms with Gasteiger partial charge in [0.15, 0.2) is 20.5 Å². The highest BCUT2D eigenvalue weighted by Gasteiger charge is 2.06. The lowest BCUT2D eigenvalue weighted by Gasteiger charge is -2.06. The van der Waals surface area contributed by atoms with Crippen molar-refractivity contribution < 1.29 is 0 Å². The number of anilines is 4. The van der Waals surface area contributed by atoms with Crippen molar-refractivity contribution in [1.82, 2.24) is 9.97 Å². The molecule has 0 aliphatic heterocycles. The average Bonchev–Trinajstić information content (AvgIpc) is 3.13. The van der Waals surface area contributed by atoms with Crippen molar-refractivity contribution in [2.24, 2.45) is 11.5 Å². The molecule has 0 saturated heterocycles. The van der Waals surface area contributed by atoms with Crippen molar-refractivity contribution in [2.75, 3.05) is 22.1 Å². The SMILES string of the molecule is NC(=S)Nc1ccc(NC(N)=S)cc1.Nc1nc2cc3sc(N)nc3cc2s1. The van der Waals surface area contributed by atoms with Gasteiger partial charge in [-0.25, -0.2) is 9.97 Å². The summed E-state index contributed by atoms with van der Waals surface area (Å²) in [6.07, 6.45) is 0. The van der Waals surface area contributed by atoms with E-state index in [1.54, 1.807) is 0 Å². The van der Waals surface area contributed by atoms with Crippen LogP contribution in [0.25, 0.3) is 20.4 Å². The fourth-order valence-corrected chi connectivity index (χ4v) is 4.04. The number of nitrogens with two attached hydrogens (primary N) is 4. The first-order valence-corrected chi connectivity index (χ1v) is 10.2. The van der Waals surface area contributed by atoms with E-state index in [9.17, 15) is 0 Å². The minimum absolute atomic E-state index is 0.236. The van der Waals surface area contributed by atoms with E-state index in [1.165, 1.54) is 22.7 Å². The Morgan fingerprint density at radius 1 is 0.750 bits per heavy atom. The molecule has 4 rings (SSSR count). The number of nitrogen functional groups attached to an aromatic ring is 2. The molecule has 8 nitrogen and oxygen atoms in total. The number of nitrogens with zero attached hydrogens (tertiary/aromatic N) is 2. The van der Waals surface area contributed by atoms with E-state index in [0.29, 0.717) is 10.3 Å². The molecule has 144 valence electrons. The van der Waals surface area contributed by atoms with Crippen LogP contribution < -0.4 is 33.6 Å². The summed E-state index contributed by atoms with van der Waals surface area (Å²) >= 11 is 12.3. The van der Waals surface area contributed by atoms with Gasteiger partial charge >= 0.3 is 0 Å². The van der Waals surface area contributed by atoms with Crippen LogP contribution in [0, 0.1) is 0 Å². The Labute approximate surface area is 178 Å². The van der Waals surface area contributed by atoms with Crippen LogP contribution in [0.1, 0.15) is 0 Å². The summed E-state index contributed by atoms with van der Waals surface area (Å²) in [4.78, 5) is 8.41. The highest BCUT2D eigenvalue weighted by Crippen LogP contribution is 2.31. The van der Waals surface area contributed by atoms with Gasteiger partial charge in [-0.3, -0.25) is 0 Å². The van der Waals surface area contributed by atoms with E-state index >= 15 is 0 Å². The number of nitrogens with one attached hydrogen (secondary N) is 2. The summed E-state index contributed by atoms with van der Waals surface area (Å²) in [7, 11) is 0. The summed E-state index contributed by atoms with van der Waals surface area (Å²) < 4.78 is 2.11. The first-order chi connectivity index (χ1) is 13.3. The Morgan fingerprint density at radius 2 is 1.11 bits per heavy atom.